The van der Waals surface area contributed by atoms with Crippen LogP contribution in [0.2, 0.25) is 0 Å². The predicted octanol–water partition coefficient (Wildman–Crippen LogP) is 14.8. The van der Waals surface area contributed by atoms with Gasteiger partial charge in [0.15, 0.2) is 0 Å². The van der Waals surface area contributed by atoms with E-state index in [2.05, 4.69) is 122 Å². The van der Waals surface area contributed by atoms with Crippen molar-refractivity contribution in [3.63, 3.8) is 0 Å². The van der Waals surface area contributed by atoms with E-state index in [1.165, 1.54) is 54.5 Å². The number of hydrogen-bond donors (Lipinski definition) is 0. The fraction of sp³-hybridized carbons (Fsp3) is 0.218. The summed E-state index contributed by atoms with van der Waals surface area (Å²) in [5, 5.41) is 0. The summed E-state index contributed by atoms with van der Waals surface area (Å²) in [5.74, 6) is 2.78. The van der Waals surface area contributed by atoms with Crippen LogP contribution in [0.25, 0.3) is 73.0 Å². The third-order valence-corrected chi connectivity index (χ3v) is 11.8. The van der Waals surface area contributed by atoms with Gasteiger partial charge in [0, 0.05) is 43.1 Å². The van der Waals surface area contributed by atoms with Crippen molar-refractivity contribution in [3.8, 4) is 50.9 Å². The number of hydrogen-bond acceptors (Lipinski definition) is 4. The van der Waals surface area contributed by atoms with Crippen LogP contribution in [-0.4, -0.2) is 19.5 Å². The average molecular weight is 975 g/mol. The van der Waals surface area contributed by atoms with E-state index >= 15 is 0 Å². The molecule has 307 valence electrons. The zero-order chi connectivity index (χ0) is 41.0. The van der Waals surface area contributed by atoms with E-state index in [1.54, 1.807) is 6.20 Å². The molecule has 6 aromatic carbocycles. The van der Waals surface area contributed by atoms with Crippen molar-refractivity contribution in [3.05, 3.63) is 181 Å². The third kappa shape index (κ3) is 8.80. The summed E-state index contributed by atoms with van der Waals surface area (Å²) in [7, 11) is 0. The number of pyridine rings is 1. The van der Waals surface area contributed by atoms with E-state index in [9.17, 15) is 0 Å². The molecule has 0 amide bonds. The van der Waals surface area contributed by atoms with Gasteiger partial charge < -0.3 is 14.0 Å². The molecular weight excluding hydrogens is 925 g/mol. The van der Waals surface area contributed by atoms with Crippen molar-refractivity contribution in [1.82, 2.24) is 19.5 Å². The molecule has 3 heterocycles. The average Bonchev–Trinajstić information content (AvgIpc) is 3.92. The standard InChI is InChI=1S/C44H42N3O.C11H8N.Ir/c1-28(2)35-18-13-19-36(29(3)4)41(35)47-40-21-12-11-20-38(40)45-43(47)34-26-37(32-24-22-31(23-25-32)30-14-7-5-8-15-30)42-39(27-34)46-44(48-42)33-16-9-6-10-17-33;1-2-6-10(7-3-1)11-8-4-5-9-12-11;/h6,9-13,16-26,28-30H,5,7-8,14-15H2,1-4H3;1-6,8-9H;/q2*-1;. The maximum atomic E-state index is 6.58. The minimum absolute atomic E-state index is 0. The number of aromatic nitrogens is 4. The Bertz CT molecular complexity index is 2780. The monoisotopic (exact) mass is 975 g/mol. The third-order valence-electron chi connectivity index (χ3n) is 11.8. The van der Waals surface area contributed by atoms with Gasteiger partial charge in [0.05, 0.1) is 22.4 Å². The fourth-order valence-corrected chi connectivity index (χ4v) is 8.65. The molecule has 5 nitrogen and oxygen atoms in total. The molecule has 0 unspecified atom stereocenters. The Morgan fingerprint density at radius 3 is 2.05 bits per heavy atom. The van der Waals surface area contributed by atoms with E-state index in [0.717, 1.165) is 56.0 Å². The van der Waals surface area contributed by atoms with Crippen LogP contribution >= 0.6 is 0 Å². The summed E-state index contributed by atoms with van der Waals surface area (Å²) in [4.78, 5) is 14.6. The molecule has 3 aromatic heterocycles. The Balaban J connectivity index is 0.000000340. The number of rotatable bonds is 8. The summed E-state index contributed by atoms with van der Waals surface area (Å²) in [6, 6.07) is 57.2. The summed E-state index contributed by atoms with van der Waals surface area (Å²) in [6.45, 7) is 9.09. The van der Waals surface area contributed by atoms with Crippen LogP contribution in [0.1, 0.15) is 94.2 Å². The van der Waals surface area contributed by atoms with E-state index in [4.69, 9.17) is 14.4 Å². The number of nitrogens with zero attached hydrogens (tertiary/aromatic N) is 4. The quantitative estimate of drug-likeness (QED) is 0.142. The number of imidazole rings is 1. The minimum Gasteiger partial charge on any atom is -0.484 e. The first-order valence-electron chi connectivity index (χ1n) is 21.4. The van der Waals surface area contributed by atoms with E-state index in [0.29, 0.717) is 29.2 Å². The normalized spacial score (nSPS) is 13.0. The van der Waals surface area contributed by atoms with E-state index < -0.39 is 0 Å². The summed E-state index contributed by atoms with van der Waals surface area (Å²) in [5.41, 5.74) is 14.7. The number of benzene rings is 6. The van der Waals surface area contributed by atoms with Crippen LogP contribution in [0, 0.1) is 12.1 Å². The zero-order valence-electron chi connectivity index (χ0n) is 35.2. The van der Waals surface area contributed by atoms with Crippen molar-refractivity contribution in [2.24, 2.45) is 0 Å². The van der Waals surface area contributed by atoms with Crippen LogP contribution in [-0.2, 0) is 20.1 Å². The molecule has 1 radical (unpaired) electrons. The van der Waals surface area contributed by atoms with Gasteiger partial charge in [-0.15, -0.1) is 53.6 Å². The molecule has 6 heteroatoms. The molecule has 0 bridgehead atoms. The molecular formula is C55H50IrN4O-2. The second-order valence-electron chi connectivity index (χ2n) is 16.5. The minimum atomic E-state index is 0. The molecule has 1 aliphatic carbocycles. The molecule has 1 fully saturated rings. The molecule has 1 aliphatic rings. The van der Waals surface area contributed by atoms with Crippen molar-refractivity contribution in [1.29, 1.82) is 0 Å². The number of oxazole rings is 1. The Labute approximate surface area is 373 Å². The SMILES string of the molecule is CC(C)c1cccc(C(C)C)c1-n1c(-c2[c-]c3nc(-c4ccccc4)oc3c(-c3ccc(C4CCCCC4)cc3)c2)nc2ccccc21.[Ir].[c-]1ccccc1-c1ccccn1. The molecule has 0 N–H and O–H groups in total. The zero-order valence-corrected chi connectivity index (χ0v) is 37.6. The van der Waals surface area contributed by atoms with Crippen LogP contribution in [0.15, 0.2) is 156 Å². The Morgan fingerprint density at radius 1 is 0.656 bits per heavy atom. The number of para-hydroxylation sites is 3. The van der Waals surface area contributed by atoms with Crippen LogP contribution in [0.4, 0.5) is 0 Å². The smallest absolute Gasteiger partial charge is 0.216 e. The van der Waals surface area contributed by atoms with Gasteiger partial charge in [-0.05, 0) is 88.9 Å². The molecule has 0 spiro atoms. The van der Waals surface area contributed by atoms with Gasteiger partial charge in [-0.1, -0.05) is 137 Å². The molecule has 0 saturated heterocycles. The second-order valence-corrected chi connectivity index (χ2v) is 16.5. The summed E-state index contributed by atoms with van der Waals surface area (Å²) < 4.78 is 8.95. The predicted molar refractivity (Wildman–Crippen MR) is 246 cm³/mol. The van der Waals surface area contributed by atoms with Gasteiger partial charge >= 0.3 is 0 Å². The first kappa shape index (κ1) is 41.8. The van der Waals surface area contributed by atoms with Crippen molar-refractivity contribution in [2.45, 2.75) is 77.6 Å². The first-order valence-corrected chi connectivity index (χ1v) is 21.4. The number of fused-ring (bicyclic) bond motifs is 2. The van der Waals surface area contributed by atoms with Crippen molar-refractivity contribution < 1.29 is 24.5 Å². The maximum Gasteiger partial charge on any atom is 0.216 e. The molecule has 10 rings (SSSR count). The molecule has 61 heavy (non-hydrogen) atoms. The van der Waals surface area contributed by atoms with Crippen LogP contribution in [0.5, 0.6) is 0 Å². The van der Waals surface area contributed by atoms with Gasteiger partial charge in [-0.25, -0.2) is 4.98 Å². The van der Waals surface area contributed by atoms with Gasteiger partial charge in [0.1, 0.15) is 0 Å². The summed E-state index contributed by atoms with van der Waals surface area (Å²) >= 11 is 0. The van der Waals surface area contributed by atoms with E-state index in [1.807, 2.05) is 72.8 Å². The molecule has 0 aliphatic heterocycles. The fourth-order valence-electron chi connectivity index (χ4n) is 8.65. The molecule has 1 saturated carbocycles. The van der Waals surface area contributed by atoms with Crippen molar-refractivity contribution in [2.75, 3.05) is 0 Å². The van der Waals surface area contributed by atoms with Crippen LogP contribution in [0.3, 0.4) is 0 Å². The van der Waals surface area contributed by atoms with Gasteiger partial charge in [-0.3, -0.25) is 4.98 Å². The second kappa shape index (κ2) is 18.8. The largest absolute Gasteiger partial charge is 0.484 e. The topological polar surface area (TPSA) is 56.7 Å². The first-order chi connectivity index (χ1) is 29.4. The Hall–Kier alpha value is -5.94. The molecule has 0 atom stereocenters. The molecule has 9 aromatic rings. The summed E-state index contributed by atoms with van der Waals surface area (Å²) in [6.07, 6.45) is 8.35. The van der Waals surface area contributed by atoms with E-state index in [-0.39, 0.29) is 20.1 Å². The van der Waals surface area contributed by atoms with Crippen LogP contribution < -0.4 is 0 Å². The Kier molecular flexibility index (Phi) is 12.9. The van der Waals surface area contributed by atoms with Gasteiger partial charge in [0.25, 0.3) is 0 Å². The Morgan fingerprint density at radius 2 is 1.36 bits per heavy atom. The van der Waals surface area contributed by atoms with Gasteiger partial charge in [0.2, 0.25) is 5.89 Å². The van der Waals surface area contributed by atoms with Crippen molar-refractivity contribution >= 4 is 22.1 Å². The van der Waals surface area contributed by atoms with Gasteiger partial charge in [-0.2, -0.15) is 0 Å². The maximum absolute atomic E-state index is 6.58.